The van der Waals surface area contributed by atoms with Gasteiger partial charge < -0.3 is 9.47 Å². The van der Waals surface area contributed by atoms with Crippen molar-refractivity contribution in [1.29, 1.82) is 0 Å². The predicted octanol–water partition coefficient (Wildman–Crippen LogP) is 12.5. The summed E-state index contributed by atoms with van der Waals surface area (Å²) in [5.41, 5.74) is 17.0. The van der Waals surface area contributed by atoms with Gasteiger partial charge in [-0.2, -0.15) is 0 Å². The molecule has 228 valence electrons. The smallest absolute Gasteiger partial charge is 0.0550 e. The number of anilines is 3. The van der Waals surface area contributed by atoms with E-state index >= 15 is 0 Å². The summed E-state index contributed by atoms with van der Waals surface area (Å²) in [6.07, 6.45) is 13.8. The van der Waals surface area contributed by atoms with Crippen molar-refractivity contribution in [3.05, 3.63) is 174 Å². The molecule has 0 saturated heterocycles. The highest BCUT2D eigenvalue weighted by molar-refractivity contribution is 6.23. The Labute approximate surface area is 281 Å². The van der Waals surface area contributed by atoms with Crippen LogP contribution in [0.5, 0.6) is 0 Å². The lowest BCUT2D eigenvalue weighted by Crippen LogP contribution is -2.09. The van der Waals surface area contributed by atoms with Gasteiger partial charge in [0, 0.05) is 33.8 Å². The Hall–Kier alpha value is -5.86. The third-order valence-electron chi connectivity index (χ3n) is 10.5. The third-order valence-corrected chi connectivity index (χ3v) is 10.5. The van der Waals surface area contributed by atoms with Gasteiger partial charge >= 0.3 is 0 Å². The fourth-order valence-electron chi connectivity index (χ4n) is 8.35. The standard InChI is InChI=1S/C46H34N2/c1-3-12-33(13-4-1)47(34-14-5-2-6-15-34)35-26-22-31(23-27-35)32-24-28-36(29-25-32)48-43-21-10-9-18-40(43)46-41-20-11-19-39-37-16-7-8-17-38(37)42(45(39)41)30-44(46)48/h1-7,10-16,19-30H,8-9,17-18H2. The van der Waals surface area contributed by atoms with Gasteiger partial charge in [-0.1, -0.05) is 97.1 Å². The van der Waals surface area contributed by atoms with Crippen LogP contribution in [0.1, 0.15) is 41.6 Å². The summed E-state index contributed by atoms with van der Waals surface area (Å²) in [4.78, 5) is 2.31. The minimum Gasteiger partial charge on any atom is -0.311 e. The average Bonchev–Trinajstić information content (AvgIpc) is 3.67. The Morgan fingerprint density at radius 3 is 1.90 bits per heavy atom. The zero-order valence-corrected chi connectivity index (χ0v) is 26.7. The highest BCUT2D eigenvalue weighted by Gasteiger charge is 2.28. The van der Waals surface area contributed by atoms with E-state index in [1.54, 1.807) is 0 Å². The van der Waals surface area contributed by atoms with Gasteiger partial charge in [0.25, 0.3) is 0 Å². The molecule has 1 aromatic heterocycles. The second kappa shape index (κ2) is 10.9. The first-order chi connectivity index (χ1) is 23.8. The van der Waals surface area contributed by atoms with E-state index in [-0.39, 0.29) is 0 Å². The van der Waals surface area contributed by atoms with Crippen molar-refractivity contribution in [2.45, 2.75) is 25.7 Å². The highest BCUT2D eigenvalue weighted by atomic mass is 15.1. The highest BCUT2D eigenvalue weighted by Crippen LogP contribution is 2.50. The van der Waals surface area contributed by atoms with Crippen LogP contribution >= 0.6 is 0 Å². The van der Waals surface area contributed by atoms with Crippen LogP contribution in [0.25, 0.3) is 55.7 Å². The Kier molecular flexibility index (Phi) is 6.17. The topological polar surface area (TPSA) is 8.17 Å². The van der Waals surface area contributed by atoms with E-state index in [9.17, 15) is 0 Å². The SMILES string of the molecule is C1=CC2=C(CC1)c1cc3c(c4c(n3-c3ccc(-c5ccc(N(c6ccccc6)c6ccccc6)cc5)cc3)C=CCC4)c3cccc2c13. The van der Waals surface area contributed by atoms with Gasteiger partial charge in [0.15, 0.2) is 0 Å². The van der Waals surface area contributed by atoms with Gasteiger partial charge in [0.1, 0.15) is 0 Å². The van der Waals surface area contributed by atoms with E-state index in [2.05, 4.69) is 167 Å². The molecule has 0 radical (unpaired) electrons. The molecule has 0 amide bonds. The number of benzene rings is 6. The van der Waals surface area contributed by atoms with Crippen molar-refractivity contribution < 1.29 is 0 Å². The lowest BCUT2D eigenvalue weighted by molar-refractivity contribution is 0.968. The molecule has 3 aliphatic carbocycles. The van der Waals surface area contributed by atoms with E-state index in [0.717, 1.165) is 42.7 Å². The van der Waals surface area contributed by atoms with Crippen LogP contribution in [0, 0.1) is 0 Å². The molecule has 0 atom stereocenters. The van der Waals surface area contributed by atoms with Crippen molar-refractivity contribution in [3.63, 3.8) is 0 Å². The number of allylic oxidation sites excluding steroid dienone is 5. The first-order valence-electron chi connectivity index (χ1n) is 17.1. The molecule has 0 fully saturated rings. The summed E-state index contributed by atoms with van der Waals surface area (Å²) < 4.78 is 2.52. The molecule has 2 heteroatoms. The van der Waals surface area contributed by atoms with Gasteiger partial charge in [-0.15, -0.1) is 0 Å². The van der Waals surface area contributed by atoms with Crippen LogP contribution < -0.4 is 4.90 Å². The molecule has 0 bridgehead atoms. The zero-order valence-electron chi connectivity index (χ0n) is 26.7. The van der Waals surface area contributed by atoms with Gasteiger partial charge in [0.2, 0.25) is 0 Å². The molecule has 0 unspecified atom stereocenters. The van der Waals surface area contributed by atoms with Gasteiger partial charge in [-0.05, 0) is 136 Å². The Morgan fingerprint density at radius 2 is 1.17 bits per heavy atom. The van der Waals surface area contributed by atoms with E-state index < -0.39 is 0 Å². The van der Waals surface area contributed by atoms with Crippen LogP contribution in [0.3, 0.4) is 0 Å². The largest absolute Gasteiger partial charge is 0.311 e. The minimum atomic E-state index is 1.08. The first-order valence-corrected chi connectivity index (χ1v) is 17.1. The van der Waals surface area contributed by atoms with Crippen molar-refractivity contribution in [2.24, 2.45) is 0 Å². The van der Waals surface area contributed by atoms with Crippen LogP contribution in [0.2, 0.25) is 0 Å². The molecular weight excluding hydrogens is 581 g/mol. The molecule has 0 saturated carbocycles. The first kappa shape index (κ1) is 27.3. The predicted molar refractivity (Wildman–Crippen MR) is 203 cm³/mol. The van der Waals surface area contributed by atoms with E-state index in [4.69, 9.17) is 0 Å². The molecule has 48 heavy (non-hydrogen) atoms. The van der Waals surface area contributed by atoms with Crippen molar-refractivity contribution in [3.8, 4) is 16.8 Å². The normalized spacial score (nSPS) is 14.5. The molecule has 10 rings (SSSR count). The van der Waals surface area contributed by atoms with E-state index in [1.807, 2.05) is 0 Å². The molecule has 0 N–H and O–H groups in total. The number of fused-ring (bicyclic) bond motifs is 6. The fraction of sp³-hybridized carbons (Fsp3) is 0.0870. The summed E-state index contributed by atoms with van der Waals surface area (Å²) in [6.45, 7) is 0. The minimum absolute atomic E-state index is 1.08. The number of aromatic nitrogens is 1. The monoisotopic (exact) mass is 614 g/mol. The number of para-hydroxylation sites is 2. The number of nitrogens with zero attached hydrogens (tertiary/aromatic N) is 2. The summed E-state index contributed by atoms with van der Waals surface area (Å²) in [6, 6.07) is 48.7. The lowest BCUT2D eigenvalue weighted by atomic mass is 9.93. The number of aryl methyl sites for hydroxylation is 1. The fourth-order valence-corrected chi connectivity index (χ4v) is 8.35. The molecule has 3 aliphatic rings. The van der Waals surface area contributed by atoms with Crippen molar-refractivity contribution >= 4 is 56.0 Å². The quantitative estimate of drug-likeness (QED) is 0.187. The number of hydrogen-bond donors (Lipinski definition) is 0. The average molecular weight is 615 g/mol. The molecule has 7 aromatic rings. The third kappa shape index (κ3) is 4.12. The number of rotatable bonds is 5. The lowest BCUT2D eigenvalue weighted by Gasteiger charge is -2.25. The maximum atomic E-state index is 2.52. The summed E-state index contributed by atoms with van der Waals surface area (Å²) >= 11 is 0. The molecule has 2 nitrogen and oxygen atoms in total. The summed E-state index contributed by atoms with van der Waals surface area (Å²) in [5, 5.41) is 4.29. The maximum absolute atomic E-state index is 2.52. The second-order valence-corrected chi connectivity index (χ2v) is 13.1. The van der Waals surface area contributed by atoms with E-state index in [0.29, 0.717) is 0 Å². The maximum Gasteiger partial charge on any atom is 0.0550 e. The van der Waals surface area contributed by atoms with Crippen LogP contribution in [-0.4, -0.2) is 4.57 Å². The second-order valence-electron chi connectivity index (χ2n) is 13.1. The molecule has 1 heterocycles. The van der Waals surface area contributed by atoms with Crippen LogP contribution in [-0.2, 0) is 6.42 Å². The van der Waals surface area contributed by atoms with Gasteiger partial charge in [-0.3, -0.25) is 0 Å². The molecule has 6 aromatic carbocycles. The molecule has 0 spiro atoms. The number of hydrogen-bond acceptors (Lipinski definition) is 1. The Bertz CT molecular complexity index is 2420. The Morgan fingerprint density at radius 1 is 0.521 bits per heavy atom. The van der Waals surface area contributed by atoms with Gasteiger partial charge in [0.05, 0.1) is 5.52 Å². The molecular formula is C46H34N2. The Balaban J connectivity index is 1.06. The zero-order chi connectivity index (χ0) is 31.6. The van der Waals surface area contributed by atoms with Crippen molar-refractivity contribution in [1.82, 2.24) is 4.57 Å². The summed E-state index contributed by atoms with van der Waals surface area (Å²) in [5.74, 6) is 0. The van der Waals surface area contributed by atoms with Crippen LogP contribution in [0.4, 0.5) is 17.1 Å². The van der Waals surface area contributed by atoms with Gasteiger partial charge in [-0.25, -0.2) is 0 Å². The van der Waals surface area contributed by atoms with Crippen LogP contribution in [0.15, 0.2) is 152 Å². The van der Waals surface area contributed by atoms with Crippen molar-refractivity contribution in [2.75, 3.05) is 4.90 Å². The summed E-state index contributed by atoms with van der Waals surface area (Å²) in [7, 11) is 0. The molecule has 0 aliphatic heterocycles. The van der Waals surface area contributed by atoms with E-state index in [1.165, 1.54) is 72.0 Å².